The Kier molecular flexibility index (Phi) is 6.83. The first-order valence-corrected chi connectivity index (χ1v) is 12.2. The number of para-hydroxylation sites is 1. The highest BCUT2D eigenvalue weighted by molar-refractivity contribution is 6.35. The van der Waals surface area contributed by atoms with Crippen LogP contribution in [0, 0.1) is 12.3 Å². The van der Waals surface area contributed by atoms with Crippen molar-refractivity contribution >= 4 is 35.0 Å². The van der Waals surface area contributed by atoms with Crippen molar-refractivity contribution in [2.24, 2.45) is 5.41 Å². The van der Waals surface area contributed by atoms with E-state index in [0.717, 1.165) is 42.8 Å². The predicted octanol–water partition coefficient (Wildman–Crippen LogP) is 7.47. The molecule has 1 saturated carbocycles. The minimum atomic E-state index is -0.301. The van der Waals surface area contributed by atoms with Crippen molar-refractivity contribution in [1.29, 1.82) is 0 Å². The fraction of sp³-hybridized carbons (Fsp3) is 0.423. The highest BCUT2D eigenvalue weighted by atomic mass is 35.5. The lowest BCUT2D eigenvalue weighted by Gasteiger charge is -2.35. The van der Waals surface area contributed by atoms with E-state index < -0.39 is 0 Å². The lowest BCUT2D eigenvalue weighted by molar-refractivity contribution is 0.254. The molecule has 0 radical (unpaired) electrons. The van der Waals surface area contributed by atoms with Crippen LogP contribution >= 0.6 is 23.2 Å². The van der Waals surface area contributed by atoms with E-state index in [9.17, 15) is 0 Å². The summed E-state index contributed by atoms with van der Waals surface area (Å²) in [5.74, 6) is 0.884. The second kappa shape index (κ2) is 9.47. The Morgan fingerprint density at radius 1 is 1.09 bits per heavy atom. The minimum Gasteiger partial charge on any atom is -0.372 e. The molecular weight excluding hydrogens is 453 g/mol. The predicted molar refractivity (Wildman–Crippen MR) is 137 cm³/mol. The molecule has 1 atom stereocenters. The number of rotatable bonds is 6. The van der Waals surface area contributed by atoms with E-state index >= 15 is 0 Å². The van der Waals surface area contributed by atoms with Crippen molar-refractivity contribution in [3.05, 3.63) is 75.5 Å². The number of halogens is 2. The van der Waals surface area contributed by atoms with Crippen LogP contribution < -0.4 is 5.32 Å². The Balaban J connectivity index is 1.74. The number of benzene rings is 2. The fourth-order valence-electron chi connectivity index (χ4n) is 4.62. The van der Waals surface area contributed by atoms with Gasteiger partial charge in [-0.05, 0) is 64.9 Å². The molecule has 1 aromatic heterocycles. The minimum absolute atomic E-state index is 0.0645. The maximum absolute atomic E-state index is 6.42. The van der Waals surface area contributed by atoms with Gasteiger partial charge in [0.1, 0.15) is 0 Å². The third kappa shape index (κ3) is 5.10. The van der Waals surface area contributed by atoms with Crippen LogP contribution in [0.3, 0.4) is 0 Å². The van der Waals surface area contributed by atoms with E-state index in [2.05, 4.69) is 78.9 Å². The zero-order valence-corrected chi connectivity index (χ0v) is 21.2. The van der Waals surface area contributed by atoms with Gasteiger partial charge < -0.3 is 5.32 Å². The number of nitrogens with zero attached hydrogens (tertiary/aromatic N) is 4. The summed E-state index contributed by atoms with van der Waals surface area (Å²) in [6.45, 7) is 8.73. The molecule has 5 nitrogen and oxygen atoms in total. The van der Waals surface area contributed by atoms with Crippen molar-refractivity contribution in [2.45, 2.75) is 65.0 Å². The average molecular weight is 484 g/mol. The van der Waals surface area contributed by atoms with Crippen LogP contribution in [0.1, 0.15) is 69.4 Å². The van der Waals surface area contributed by atoms with Crippen LogP contribution in [0.25, 0.3) is 6.08 Å². The molecule has 2 aromatic carbocycles. The van der Waals surface area contributed by atoms with Gasteiger partial charge in [0, 0.05) is 15.7 Å². The fourth-order valence-corrected chi connectivity index (χ4v) is 5.09. The van der Waals surface area contributed by atoms with E-state index in [4.69, 9.17) is 23.2 Å². The summed E-state index contributed by atoms with van der Waals surface area (Å²) in [5, 5.41) is 18.3. The van der Waals surface area contributed by atoms with Crippen LogP contribution in [0.5, 0.6) is 0 Å². The molecule has 1 unspecified atom stereocenters. The van der Waals surface area contributed by atoms with Crippen molar-refractivity contribution in [3.8, 4) is 0 Å². The van der Waals surface area contributed by atoms with Gasteiger partial charge in [0.15, 0.2) is 5.82 Å². The molecule has 1 heterocycles. The third-order valence-electron chi connectivity index (χ3n) is 6.47. The smallest absolute Gasteiger partial charge is 0.177 e. The highest BCUT2D eigenvalue weighted by Crippen LogP contribution is 2.43. The van der Waals surface area contributed by atoms with Crippen LogP contribution in [0.15, 0.2) is 48.5 Å². The Morgan fingerprint density at radius 3 is 2.48 bits per heavy atom. The van der Waals surface area contributed by atoms with Crippen molar-refractivity contribution in [1.82, 2.24) is 20.2 Å². The van der Waals surface area contributed by atoms with Gasteiger partial charge >= 0.3 is 0 Å². The summed E-state index contributed by atoms with van der Waals surface area (Å²) in [6, 6.07) is 13.9. The van der Waals surface area contributed by atoms with E-state index in [1.54, 1.807) is 6.07 Å². The Bertz CT molecular complexity index is 1140. The molecule has 1 aliphatic carbocycles. The summed E-state index contributed by atoms with van der Waals surface area (Å²) < 4.78 is 2.00. The quantitative estimate of drug-likeness (QED) is 0.394. The number of hydrogen-bond acceptors (Lipinski definition) is 4. The van der Waals surface area contributed by atoms with E-state index in [-0.39, 0.29) is 17.0 Å². The van der Waals surface area contributed by atoms with Gasteiger partial charge in [-0.1, -0.05) is 93.2 Å². The van der Waals surface area contributed by atoms with Crippen molar-refractivity contribution in [2.75, 3.05) is 5.32 Å². The van der Waals surface area contributed by atoms with Gasteiger partial charge in [0.2, 0.25) is 0 Å². The van der Waals surface area contributed by atoms with Crippen LogP contribution in [-0.2, 0) is 5.54 Å². The van der Waals surface area contributed by atoms with Crippen molar-refractivity contribution in [3.63, 3.8) is 0 Å². The molecule has 1 aliphatic rings. The van der Waals surface area contributed by atoms with Crippen LogP contribution in [-0.4, -0.2) is 20.2 Å². The lowest BCUT2D eigenvalue weighted by Crippen LogP contribution is -2.38. The average Bonchev–Trinajstić information content (AvgIpc) is 3.41. The van der Waals surface area contributed by atoms with Gasteiger partial charge in [0.05, 0.1) is 11.6 Å². The number of aryl methyl sites for hydroxylation is 1. The number of nitrogens with one attached hydrogen (secondary N) is 1. The number of hydrogen-bond donors (Lipinski definition) is 1. The normalized spacial score (nSPS) is 16.9. The molecule has 0 spiro atoms. The molecule has 0 bridgehead atoms. The molecule has 174 valence electrons. The second-order valence-electron chi connectivity index (χ2n) is 10.0. The maximum Gasteiger partial charge on any atom is 0.177 e. The number of anilines is 1. The standard InChI is InChI=1S/C26H31Cl2N5/c1-18-9-5-6-10-22(18)29-26(15-7-8-16-26)24-30-31-32-33(24)23(25(2,3)4)14-12-19-11-13-20(27)17-21(19)28/h5-6,9-14,17,23,29H,7-8,15-16H2,1-4H3/b14-12+. The molecule has 7 heteroatoms. The molecule has 1 N–H and O–H groups in total. The van der Waals surface area contributed by atoms with Gasteiger partial charge in [-0.2, -0.15) is 0 Å². The first-order valence-electron chi connectivity index (χ1n) is 11.4. The Hall–Kier alpha value is -2.37. The van der Waals surface area contributed by atoms with Gasteiger partial charge in [0.25, 0.3) is 0 Å². The zero-order chi connectivity index (χ0) is 23.6. The topological polar surface area (TPSA) is 55.6 Å². The van der Waals surface area contributed by atoms with E-state index in [0.29, 0.717) is 10.0 Å². The van der Waals surface area contributed by atoms with Crippen molar-refractivity contribution < 1.29 is 0 Å². The molecule has 0 amide bonds. The largest absolute Gasteiger partial charge is 0.372 e. The molecule has 0 saturated heterocycles. The van der Waals surface area contributed by atoms with Gasteiger partial charge in [-0.3, -0.25) is 0 Å². The first-order chi connectivity index (χ1) is 15.7. The summed E-state index contributed by atoms with van der Waals surface area (Å²) in [6.07, 6.45) is 8.45. The SMILES string of the molecule is Cc1ccccc1NC1(c2nnnn2C(/C=C/c2ccc(Cl)cc2Cl)C(C)(C)C)CCCC1. The summed E-state index contributed by atoms with van der Waals surface area (Å²) >= 11 is 12.5. The summed E-state index contributed by atoms with van der Waals surface area (Å²) in [7, 11) is 0. The number of allylic oxidation sites excluding steroid dienone is 1. The summed E-state index contributed by atoms with van der Waals surface area (Å²) in [4.78, 5) is 0. The first kappa shape index (κ1) is 23.8. The Labute approximate surface area is 206 Å². The lowest BCUT2D eigenvalue weighted by atomic mass is 9.85. The summed E-state index contributed by atoms with van der Waals surface area (Å²) in [5.41, 5.74) is 2.84. The molecule has 33 heavy (non-hydrogen) atoms. The van der Waals surface area contributed by atoms with Crippen LogP contribution in [0.2, 0.25) is 10.0 Å². The zero-order valence-electron chi connectivity index (χ0n) is 19.6. The van der Waals surface area contributed by atoms with Crippen LogP contribution in [0.4, 0.5) is 5.69 Å². The monoisotopic (exact) mass is 483 g/mol. The van der Waals surface area contributed by atoms with Gasteiger partial charge in [-0.15, -0.1) is 5.10 Å². The second-order valence-corrected chi connectivity index (χ2v) is 10.9. The molecular formula is C26H31Cl2N5. The molecule has 0 aliphatic heterocycles. The third-order valence-corrected chi connectivity index (χ3v) is 7.03. The molecule has 1 fully saturated rings. The van der Waals surface area contributed by atoms with E-state index in [1.807, 2.05) is 22.9 Å². The number of aromatic nitrogens is 4. The Morgan fingerprint density at radius 2 is 1.82 bits per heavy atom. The van der Waals surface area contributed by atoms with Gasteiger partial charge in [-0.25, -0.2) is 4.68 Å². The molecule has 4 rings (SSSR count). The van der Waals surface area contributed by atoms with E-state index in [1.165, 1.54) is 5.56 Å². The molecule has 3 aromatic rings. The highest BCUT2D eigenvalue weighted by Gasteiger charge is 2.43. The number of tetrazole rings is 1. The maximum atomic E-state index is 6.42.